The minimum atomic E-state index is -1.02. The molecule has 0 aliphatic carbocycles. The van der Waals surface area contributed by atoms with Crippen molar-refractivity contribution < 1.29 is 9.47 Å². The van der Waals surface area contributed by atoms with Crippen LogP contribution in [0.25, 0.3) is 0 Å². The summed E-state index contributed by atoms with van der Waals surface area (Å²) in [5.74, 6) is 0. The molecule has 0 aliphatic rings. The predicted molar refractivity (Wildman–Crippen MR) is 64.1 cm³/mol. The summed E-state index contributed by atoms with van der Waals surface area (Å²) in [4.78, 5) is 0. The third-order valence-corrected chi connectivity index (χ3v) is 2.89. The van der Waals surface area contributed by atoms with Crippen LogP contribution < -0.4 is 0 Å². The summed E-state index contributed by atoms with van der Waals surface area (Å²) >= 11 is 0. The Kier molecular flexibility index (Phi) is 7.14. The van der Waals surface area contributed by atoms with Crippen molar-refractivity contribution >= 4 is 8.07 Å². The van der Waals surface area contributed by atoms with Crippen molar-refractivity contribution in [2.24, 2.45) is 0 Å². The molecule has 2 nitrogen and oxygen atoms in total. The molecule has 0 amide bonds. The van der Waals surface area contributed by atoms with Crippen molar-refractivity contribution in [3.63, 3.8) is 0 Å². The van der Waals surface area contributed by atoms with Gasteiger partial charge in [0.25, 0.3) is 0 Å². The van der Waals surface area contributed by atoms with Gasteiger partial charge in [0.1, 0.15) is 0 Å². The molecule has 0 saturated heterocycles. The van der Waals surface area contributed by atoms with Crippen LogP contribution in [0.15, 0.2) is 11.8 Å². The first kappa shape index (κ1) is 13.9. The predicted octanol–water partition coefficient (Wildman–Crippen LogP) is 3.21. The lowest BCUT2D eigenvalue weighted by atomic mass is 10.4. The van der Waals surface area contributed by atoms with Crippen LogP contribution >= 0.6 is 0 Å². The number of hydrogen-bond acceptors (Lipinski definition) is 2. The molecule has 3 heteroatoms. The van der Waals surface area contributed by atoms with E-state index in [1.165, 1.54) is 0 Å². The first-order chi connectivity index (χ1) is 6.45. The van der Waals surface area contributed by atoms with Gasteiger partial charge in [-0.2, -0.15) is 0 Å². The van der Waals surface area contributed by atoms with Gasteiger partial charge in [-0.15, -0.1) is 0 Å². The van der Waals surface area contributed by atoms with Crippen LogP contribution in [0, 0.1) is 0 Å². The van der Waals surface area contributed by atoms with Crippen LogP contribution in [0.2, 0.25) is 19.6 Å². The molecule has 0 rings (SSSR count). The molecule has 0 aliphatic heterocycles. The Balaban J connectivity index is 3.42. The zero-order chi connectivity index (χ0) is 11.0. The minimum absolute atomic E-state index is 0.0692. The Morgan fingerprint density at radius 1 is 1.21 bits per heavy atom. The molecule has 1 unspecified atom stereocenters. The molecule has 0 aromatic rings. The van der Waals surface area contributed by atoms with Gasteiger partial charge in [0.2, 0.25) is 0 Å². The van der Waals surface area contributed by atoms with E-state index in [4.69, 9.17) is 9.47 Å². The molecule has 14 heavy (non-hydrogen) atoms. The van der Waals surface area contributed by atoms with Crippen molar-refractivity contribution in [2.75, 3.05) is 13.2 Å². The van der Waals surface area contributed by atoms with E-state index in [0.717, 1.165) is 13.0 Å². The van der Waals surface area contributed by atoms with Gasteiger partial charge < -0.3 is 9.47 Å². The van der Waals surface area contributed by atoms with Crippen molar-refractivity contribution in [3.05, 3.63) is 11.8 Å². The summed E-state index contributed by atoms with van der Waals surface area (Å²) in [6.07, 6.45) is 3.15. The Labute approximate surface area is 89.3 Å². The van der Waals surface area contributed by atoms with E-state index in [-0.39, 0.29) is 6.29 Å². The molecule has 84 valence electrons. The zero-order valence-corrected chi connectivity index (χ0v) is 11.2. The van der Waals surface area contributed by atoms with Gasteiger partial charge in [-0.3, -0.25) is 0 Å². The van der Waals surface area contributed by atoms with Gasteiger partial charge >= 0.3 is 0 Å². The zero-order valence-electron chi connectivity index (χ0n) is 10.2. The molecular formula is C11H24O2Si. The standard InChI is InChI=1S/C11H24O2Si/c1-6-12-11(2)13-9-7-8-10-14(3,4)5/h8,10-11H,6-7,9H2,1-5H3/b10-8+. The van der Waals surface area contributed by atoms with E-state index in [1.807, 2.05) is 13.8 Å². The highest BCUT2D eigenvalue weighted by Crippen LogP contribution is 2.03. The van der Waals surface area contributed by atoms with Crippen LogP contribution in [-0.2, 0) is 9.47 Å². The second kappa shape index (κ2) is 7.21. The van der Waals surface area contributed by atoms with Gasteiger partial charge in [-0.05, 0) is 20.3 Å². The summed E-state index contributed by atoms with van der Waals surface area (Å²) in [5, 5.41) is 0. The van der Waals surface area contributed by atoms with Gasteiger partial charge in [0.05, 0.1) is 14.7 Å². The molecule has 1 atom stereocenters. The Bertz CT molecular complexity index is 161. The van der Waals surface area contributed by atoms with Gasteiger partial charge in [0.15, 0.2) is 6.29 Å². The van der Waals surface area contributed by atoms with Crippen molar-refractivity contribution in [1.29, 1.82) is 0 Å². The van der Waals surface area contributed by atoms with E-state index in [2.05, 4.69) is 31.4 Å². The SMILES string of the molecule is CCOC(C)OCC/C=C/[Si](C)(C)C. The summed E-state index contributed by atoms with van der Waals surface area (Å²) in [7, 11) is -1.02. The van der Waals surface area contributed by atoms with Gasteiger partial charge in [-0.25, -0.2) is 0 Å². The number of ether oxygens (including phenoxy) is 2. The Hall–Kier alpha value is -0.123. The molecule has 0 heterocycles. The topological polar surface area (TPSA) is 18.5 Å². The molecule has 0 aromatic heterocycles. The summed E-state index contributed by atoms with van der Waals surface area (Å²) in [6.45, 7) is 12.4. The maximum atomic E-state index is 5.44. The fourth-order valence-corrected chi connectivity index (χ4v) is 1.90. The second-order valence-corrected chi connectivity index (χ2v) is 9.52. The van der Waals surface area contributed by atoms with Gasteiger partial charge in [-0.1, -0.05) is 31.4 Å². The van der Waals surface area contributed by atoms with E-state index in [1.54, 1.807) is 0 Å². The molecule has 0 fully saturated rings. The minimum Gasteiger partial charge on any atom is -0.353 e. The first-order valence-corrected chi connectivity index (χ1v) is 8.94. The Morgan fingerprint density at radius 3 is 2.36 bits per heavy atom. The highest BCUT2D eigenvalue weighted by atomic mass is 28.3. The molecule has 0 N–H and O–H groups in total. The van der Waals surface area contributed by atoms with E-state index < -0.39 is 8.07 Å². The Morgan fingerprint density at radius 2 is 1.86 bits per heavy atom. The molecule has 0 bridgehead atoms. The smallest absolute Gasteiger partial charge is 0.154 e. The summed E-state index contributed by atoms with van der Waals surface area (Å²) in [5.41, 5.74) is 2.35. The maximum absolute atomic E-state index is 5.44. The highest BCUT2D eigenvalue weighted by Gasteiger charge is 2.06. The molecule has 0 spiro atoms. The molecular weight excluding hydrogens is 192 g/mol. The fourth-order valence-electron chi connectivity index (χ4n) is 1.02. The third-order valence-electron chi connectivity index (χ3n) is 1.66. The molecule has 0 saturated carbocycles. The highest BCUT2D eigenvalue weighted by molar-refractivity contribution is 6.80. The maximum Gasteiger partial charge on any atom is 0.154 e. The van der Waals surface area contributed by atoms with Crippen molar-refractivity contribution in [3.8, 4) is 0 Å². The van der Waals surface area contributed by atoms with E-state index in [9.17, 15) is 0 Å². The quantitative estimate of drug-likeness (QED) is 0.369. The number of rotatable bonds is 7. The summed E-state index contributed by atoms with van der Waals surface area (Å²) in [6, 6.07) is 0. The van der Waals surface area contributed by atoms with Crippen LogP contribution in [-0.4, -0.2) is 27.6 Å². The first-order valence-electron chi connectivity index (χ1n) is 5.36. The lowest BCUT2D eigenvalue weighted by Crippen LogP contribution is -2.16. The molecule has 0 radical (unpaired) electrons. The summed E-state index contributed by atoms with van der Waals surface area (Å²) < 4.78 is 10.7. The van der Waals surface area contributed by atoms with E-state index >= 15 is 0 Å². The van der Waals surface area contributed by atoms with Crippen LogP contribution in [0.1, 0.15) is 20.3 Å². The van der Waals surface area contributed by atoms with Gasteiger partial charge in [0, 0.05) is 6.61 Å². The largest absolute Gasteiger partial charge is 0.353 e. The normalized spacial score (nSPS) is 14.9. The van der Waals surface area contributed by atoms with E-state index in [0.29, 0.717) is 6.61 Å². The molecule has 0 aromatic carbocycles. The average molecular weight is 216 g/mol. The average Bonchev–Trinajstić information content (AvgIpc) is 2.02. The monoisotopic (exact) mass is 216 g/mol. The second-order valence-electron chi connectivity index (χ2n) is 4.45. The third kappa shape index (κ3) is 9.96. The lowest BCUT2D eigenvalue weighted by molar-refractivity contribution is -0.125. The fraction of sp³-hybridized carbons (Fsp3) is 0.818. The van der Waals surface area contributed by atoms with Crippen molar-refractivity contribution in [1.82, 2.24) is 0 Å². The lowest BCUT2D eigenvalue weighted by Gasteiger charge is -2.12. The van der Waals surface area contributed by atoms with Crippen molar-refractivity contribution in [2.45, 2.75) is 46.2 Å². The number of hydrogen-bond donors (Lipinski definition) is 0. The van der Waals surface area contributed by atoms with Crippen LogP contribution in [0.5, 0.6) is 0 Å². The van der Waals surface area contributed by atoms with Crippen LogP contribution in [0.4, 0.5) is 0 Å². The van der Waals surface area contributed by atoms with Crippen LogP contribution in [0.3, 0.4) is 0 Å².